The average molecular weight is 1330 g/mol. The van der Waals surface area contributed by atoms with E-state index in [1.165, 1.54) is 122 Å². The molecule has 2 fully saturated rings. The normalized spacial score (nSPS) is 13.4. The second-order valence-electron chi connectivity index (χ2n) is 21.2. The molecular weight excluding hydrogens is 1270 g/mol. The van der Waals surface area contributed by atoms with E-state index in [4.69, 9.17) is 19.4 Å². The summed E-state index contributed by atoms with van der Waals surface area (Å²) < 4.78 is 10.7. The zero-order chi connectivity index (χ0) is 49.8. The summed E-state index contributed by atoms with van der Waals surface area (Å²) in [5.74, 6) is 2.97. The SMILES string of the molecule is Cc1ccc2c(-c3c(Cc4ccc(Cc5ccc(Cc6ccc(C[C-]7COC7)cc6)cc5)nc4)ccc4cc(C)ccc34)cc(Cc3ccc(Cc4ccc(Cc5ccc(C[C-]6COC6)cc5)cc4)nc3)cc2c1.[W].[W]. The van der Waals surface area contributed by atoms with E-state index < -0.39 is 0 Å². The van der Waals surface area contributed by atoms with E-state index in [1.807, 2.05) is 0 Å². The van der Waals surface area contributed by atoms with Gasteiger partial charge >= 0.3 is 0 Å². The quantitative estimate of drug-likeness (QED) is 0.0852. The zero-order valence-corrected chi connectivity index (χ0v) is 49.4. The van der Waals surface area contributed by atoms with Gasteiger partial charge in [-0.25, -0.2) is 0 Å². The molecule has 0 aliphatic carbocycles. The minimum absolute atomic E-state index is 0. The molecule has 12 rings (SSSR count). The van der Waals surface area contributed by atoms with Crippen LogP contribution in [0.5, 0.6) is 0 Å². The van der Waals surface area contributed by atoms with Crippen LogP contribution in [0.1, 0.15) is 89.3 Å². The van der Waals surface area contributed by atoms with Crippen molar-refractivity contribution in [1.82, 2.24) is 9.97 Å². The molecule has 4 nitrogen and oxygen atoms in total. The van der Waals surface area contributed by atoms with Crippen molar-refractivity contribution in [1.29, 1.82) is 0 Å². The Kier molecular flexibility index (Phi) is 17.2. The van der Waals surface area contributed by atoms with Crippen LogP contribution in [0, 0.1) is 25.7 Å². The molecule has 0 saturated carbocycles. The van der Waals surface area contributed by atoms with E-state index in [0.717, 1.165) is 89.2 Å². The maximum atomic E-state index is 5.33. The van der Waals surface area contributed by atoms with Crippen molar-refractivity contribution in [2.24, 2.45) is 0 Å². The Morgan fingerprint density at radius 2 is 0.763 bits per heavy atom. The van der Waals surface area contributed by atoms with Gasteiger partial charge in [-0.3, -0.25) is 21.8 Å². The van der Waals surface area contributed by atoms with Crippen LogP contribution in [0.3, 0.4) is 0 Å². The molecule has 0 atom stereocenters. The van der Waals surface area contributed by atoms with Crippen molar-refractivity contribution >= 4 is 21.5 Å². The number of nitrogens with zero attached hydrogens (tertiary/aromatic N) is 2. The molecule has 4 heterocycles. The van der Waals surface area contributed by atoms with Crippen molar-refractivity contribution in [3.63, 3.8) is 0 Å². The van der Waals surface area contributed by atoms with Gasteiger partial charge in [0.15, 0.2) is 0 Å². The van der Waals surface area contributed by atoms with Gasteiger partial charge in [-0.2, -0.15) is 0 Å². The van der Waals surface area contributed by atoms with Gasteiger partial charge in [0.2, 0.25) is 0 Å². The third-order valence-electron chi connectivity index (χ3n) is 15.1. The Morgan fingerprint density at radius 3 is 1.21 bits per heavy atom. The van der Waals surface area contributed by atoms with E-state index in [-0.39, 0.29) is 42.1 Å². The predicted octanol–water partition coefficient (Wildman–Crippen LogP) is 14.9. The summed E-state index contributed by atoms with van der Waals surface area (Å²) in [5.41, 5.74) is 22.9. The van der Waals surface area contributed by atoms with E-state index >= 15 is 0 Å². The molecular formula is C70H62N2O2W2-2. The monoisotopic (exact) mass is 1330 g/mol. The van der Waals surface area contributed by atoms with Gasteiger partial charge in [-0.1, -0.05) is 219 Å². The Morgan fingerprint density at radius 1 is 0.355 bits per heavy atom. The predicted molar refractivity (Wildman–Crippen MR) is 303 cm³/mol. The topological polar surface area (TPSA) is 44.2 Å². The van der Waals surface area contributed by atoms with Gasteiger partial charge in [0.05, 0.1) is 0 Å². The standard InChI is InChI=1S/C70H62N2O2.2W/c1-47-4-28-68-62(29-47)23-24-63(36-58-22-26-66(72-42-58)39-56-19-15-52(16-20-56)32-50-7-11-54(12-8-50)34-61-45-74-46-61)70(68)69-40-59(37-64-30-48(2)3-27-67(64)69)35-57-21-25-65(71-41-57)38-55-17-13-51(14-18-55)31-49-5-9-53(10-6-49)33-60-43-73-44-60;;/h3-30,37,40-42H,31-36,38-39,43-46H2,1-2H3;;/q-2;;. The number of hydrogen-bond donors (Lipinski definition) is 0. The minimum Gasteiger partial charge on any atom is -0.444 e. The summed E-state index contributed by atoms with van der Waals surface area (Å²) in [4.78, 5) is 10.0. The minimum atomic E-state index is 0. The number of aryl methyl sites for hydroxylation is 2. The Balaban J connectivity index is 0.00000328. The largest absolute Gasteiger partial charge is 0.444 e. The molecule has 0 amide bonds. The van der Waals surface area contributed by atoms with Crippen LogP contribution >= 0.6 is 0 Å². The molecule has 0 N–H and O–H groups in total. The Bertz CT molecular complexity index is 3550. The van der Waals surface area contributed by atoms with E-state index in [2.05, 4.69) is 208 Å². The van der Waals surface area contributed by atoms with Crippen molar-refractivity contribution in [3.05, 3.63) is 295 Å². The third kappa shape index (κ3) is 13.0. The number of rotatable bonds is 17. The van der Waals surface area contributed by atoms with Crippen LogP contribution < -0.4 is 0 Å². The Labute approximate surface area is 477 Å². The molecule has 10 aromatic rings. The molecule has 0 unspecified atom stereocenters. The van der Waals surface area contributed by atoms with Crippen molar-refractivity contribution in [3.8, 4) is 11.1 Å². The van der Waals surface area contributed by atoms with Crippen LogP contribution in [0.25, 0.3) is 32.7 Å². The first-order valence-electron chi connectivity index (χ1n) is 26.4. The number of fused-ring (bicyclic) bond motifs is 2. The van der Waals surface area contributed by atoms with Crippen LogP contribution in [0.2, 0.25) is 0 Å². The number of aromatic nitrogens is 2. The van der Waals surface area contributed by atoms with Crippen molar-refractivity contribution in [2.45, 2.75) is 65.2 Å². The molecule has 0 radical (unpaired) electrons. The fraction of sp³-hybridized carbons (Fsp3) is 0.200. The number of hydrogen-bond acceptors (Lipinski definition) is 4. The Hall–Kier alpha value is -6.12. The number of pyridine rings is 2. The first-order chi connectivity index (χ1) is 36.3. The van der Waals surface area contributed by atoms with Gasteiger partial charge in [-0.05, 0) is 140 Å². The van der Waals surface area contributed by atoms with E-state index in [0.29, 0.717) is 0 Å². The maximum Gasteiger partial charge on any atom is 0.0447 e. The van der Waals surface area contributed by atoms with Crippen LogP contribution in [0.4, 0.5) is 0 Å². The smallest absolute Gasteiger partial charge is 0.0447 e. The number of ether oxygens (including phenoxy) is 2. The van der Waals surface area contributed by atoms with Gasteiger partial charge in [0.1, 0.15) is 0 Å². The van der Waals surface area contributed by atoms with Gasteiger partial charge < -0.3 is 9.47 Å². The molecule has 2 aromatic heterocycles. The fourth-order valence-electron chi connectivity index (χ4n) is 10.9. The molecule has 6 heteroatoms. The summed E-state index contributed by atoms with van der Waals surface area (Å²) in [5, 5.41) is 5.07. The molecule has 8 aromatic carbocycles. The summed E-state index contributed by atoms with van der Waals surface area (Å²) in [6.07, 6.45) is 11.3. The molecule has 2 aliphatic rings. The number of benzene rings is 8. The van der Waals surface area contributed by atoms with Crippen LogP contribution in [0.15, 0.2) is 194 Å². The van der Waals surface area contributed by atoms with Crippen LogP contribution in [-0.4, -0.2) is 36.4 Å². The molecule has 76 heavy (non-hydrogen) atoms. The zero-order valence-electron chi connectivity index (χ0n) is 43.5. The summed E-state index contributed by atoms with van der Waals surface area (Å²) in [6.45, 7) is 7.64. The van der Waals surface area contributed by atoms with Gasteiger partial charge in [0.25, 0.3) is 0 Å². The first kappa shape index (κ1) is 53.3. The average Bonchev–Trinajstić information content (AvgIpc) is 3.40. The molecule has 0 spiro atoms. The summed E-state index contributed by atoms with van der Waals surface area (Å²) in [7, 11) is 0. The molecule has 0 bridgehead atoms. The molecule has 2 aliphatic heterocycles. The second kappa shape index (κ2) is 24.5. The van der Waals surface area contributed by atoms with Crippen molar-refractivity contribution in [2.75, 3.05) is 26.4 Å². The van der Waals surface area contributed by atoms with E-state index in [1.54, 1.807) is 0 Å². The van der Waals surface area contributed by atoms with E-state index in [9.17, 15) is 0 Å². The first-order valence-corrected chi connectivity index (χ1v) is 26.4. The summed E-state index contributed by atoms with van der Waals surface area (Å²) in [6, 6.07) is 68.5. The maximum absolute atomic E-state index is 5.33. The van der Waals surface area contributed by atoms with Crippen molar-refractivity contribution < 1.29 is 51.6 Å². The van der Waals surface area contributed by atoms with Gasteiger partial charge in [-0.15, -0.1) is 12.8 Å². The third-order valence-corrected chi connectivity index (χ3v) is 15.1. The van der Waals surface area contributed by atoms with Gasteiger partial charge in [0, 0.05) is 78.8 Å². The summed E-state index contributed by atoms with van der Waals surface area (Å²) >= 11 is 0. The molecule has 378 valence electrons. The van der Waals surface area contributed by atoms with Crippen LogP contribution in [-0.2, 0) is 103 Å². The fourth-order valence-corrected chi connectivity index (χ4v) is 10.9. The molecule has 2 saturated heterocycles. The second-order valence-corrected chi connectivity index (χ2v) is 21.2.